The Kier molecular flexibility index (Phi) is 4.22. The quantitative estimate of drug-likeness (QED) is 0.781. The van der Waals surface area contributed by atoms with E-state index in [1.807, 2.05) is 6.92 Å². The van der Waals surface area contributed by atoms with Crippen molar-refractivity contribution in [2.75, 3.05) is 0 Å². The van der Waals surface area contributed by atoms with Gasteiger partial charge in [-0.15, -0.1) is 0 Å². The lowest BCUT2D eigenvalue weighted by Crippen LogP contribution is -2.53. The van der Waals surface area contributed by atoms with Crippen LogP contribution in [-0.4, -0.2) is 31.5 Å². The molecule has 0 saturated heterocycles. The van der Waals surface area contributed by atoms with Crippen LogP contribution in [-0.2, 0) is 11.3 Å². The van der Waals surface area contributed by atoms with Gasteiger partial charge in [-0.25, -0.2) is 0 Å². The van der Waals surface area contributed by atoms with Gasteiger partial charge in [0.15, 0.2) is 5.78 Å². The summed E-state index contributed by atoms with van der Waals surface area (Å²) in [6.07, 6.45) is 11.6. The smallest absolute Gasteiger partial charge is 0.160 e. The van der Waals surface area contributed by atoms with Crippen LogP contribution in [0.5, 0.6) is 0 Å². The third-order valence-corrected chi connectivity index (χ3v) is 11.4. The minimum absolute atomic E-state index is 0.129. The summed E-state index contributed by atoms with van der Waals surface area (Å²) in [6, 6.07) is 0. The van der Waals surface area contributed by atoms with Gasteiger partial charge in [0.1, 0.15) is 6.54 Å². The van der Waals surface area contributed by atoms with Crippen LogP contribution in [0.4, 0.5) is 0 Å². The molecule has 1 N–H and O–H groups in total. The molecular formula is C26H39N3O2. The molecule has 5 fully saturated rings. The lowest BCUT2D eigenvalue weighted by Gasteiger charge is -2.59. The van der Waals surface area contributed by atoms with Crippen LogP contribution in [0, 0.1) is 58.2 Å². The van der Waals surface area contributed by atoms with E-state index in [0.717, 1.165) is 30.6 Å². The van der Waals surface area contributed by atoms with Gasteiger partial charge in [0.05, 0.1) is 18.0 Å². The first-order valence-electron chi connectivity index (χ1n) is 12.8. The SMILES string of the molecule is C[C@@H]1[C@@H]2[C@H](C(=O)Cn3nccn3)[C@@]3(C)CC[C@H]4[C@@H](CC[C@@H]5C[C@](C)(O)CC[C@@H]54)[C@@H]3[C@@]21C. The van der Waals surface area contributed by atoms with E-state index in [4.69, 9.17) is 0 Å². The predicted molar refractivity (Wildman–Crippen MR) is 118 cm³/mol. The molecule has 1 aromatic heterocycles. The second kappa shape index (κ2) is 6.42. The van der Waals surface area contributed by atoms with Crippen LogP contribution < -0.4 is 0 Å². The van der Waals surface area contributed by atoms with E-state index in [1.54, 1.807) is 17.2 Å². The lowest BCUT2D eigenvalue weighted by atomic mass is 9.46. The number of hydrogen-bond acceptors (Lipinski definition) is 4. The Hall–Kier alpha value is -1.23. The van der Waals surface area contributed by atoms with Crippen molar-refractivity contribution in [2.45, 2.75) is 84.8 Å². The molecule has 6 rings (SSSR count). The Morgan fingerprint density at radius 2 is 1.74 bits per heavy atom. The number of nitrogens with zero attached hydrogens (tertiary/aromatic N) is 3. The van der Waals surface area contributed by atoms with E-state index in [9.17, 15) is 9.90 Å². The van der Waals surface area contributed by atoms with Crippen molar-refractivity contribution >= 4 is 5.78 Å². The van der Waals surface area contributed by atoms with Crippen molar-refractivity contribution < 1.29 is 9.90 Å². The van der Waals surface area contributed by atoms with Crippen molar-refractivity contribution in [1.82, 2.24) is 15.0 Å². The van der Waals surface area contributed by atoms with Crippen molar-refractivity contribution in [3.8, 4) is 0 Å². The summed E-state index contributed by atoms with van der Waals surface area (Å²) >= 11 is 0. The number of fused-ring (bicyclic) bond motifs is 7. The van der Waals surface area contributed by atoms with Crippen molar-refractivity contribution in [2.24, 2.45) is 58.2 Å². The summed E-state index contributed by atoms with van der Waals surface area (Å²) in [5, 5.41) is 19.1. The van der Waals surface area contributed by atoms with Gasteiger partial charge in [0, 0.05) is 5.92 Å². The monoisotopic (exact) mass is 425 g/mol. The first kappa shape index (κ1) is 20.4. The second-order valence-electron chi connectivity index (χ2n) is 12.8. The molecule has 31 heavy (non-hydrogen) atoms. The number of Topliss-reactive ketones (excluding diaryl/α,β-unsaturated/α-hetero) is 1. The first-order chi connectivity index (χ1) is 14.7. The highest BCUT2D eigenvalue weighted by Gasteiger charge is 2.80. The summed E-state index contributed by atoms with van der Waals surface area (Å²) in [6.45, 7) is 9.77. The normalized spacial score (nSPS) is 55.0. The maximum atomic E-state index is 13.6. The fourth-order valence-electron chi connectivity index (χ4n) is 10.3. The zero-order valence-electron chi connectivity index (χ0n) is 19.6. The molecule has 5 saturated carbocycles. The standard InChI is InChI=1S/C26H39N3O2/c1-15-21-22(20(30)14-29-27-11-12-28-29)25(3)10-8-18-17-7-9-24(2,31)13-16(17)5-6-19(18)23(25)26(15,21)4/h11-12,15-19,21-23,31H,5-10,13-14H2,1-4H3/t15-,16-,17+,18-,19-,21-,22+,23+,24-,25-,26-/m1/s1. The van der Waals surface area contributed by atoms with Gasteiger partial charge in [0.2, 0.25) is 0 Å². The molecule has 0 aliphatic heterocycles. The molecule has 0 radical (unpaired) electrons. The number of hydrogen-bond donors (Lipinski definition) is 1. The first-order valence-corrected chi connectivity index (χ1v) is 12.8. The van der Waals surface area contributed by atoms with Gasteiger partial charge in [-0.2, -0.15) is 15.0 Å². The third kappa shape index (κ3) is 2.68. The zero-order chi connectivity index (χ0) is 21.8. The van der Waals surface area contributed by atoms with Crippen molar-refractivity contribution in [3.05, 3.63) is 12.4 Å². The highest BCUT2D eigenvalue weighted by Crippen LogP contribution is 2.83. The van der Waals surface area contributed by atoms with Crippen molar-refractivity contribution in [1.29, 1.82) is 0 Å². The molecule has 11 atom stereocenters. The molecule has 170 valence electrons. The van der Waals surface area contributed by atoms with Gasteiger partial charge >= 0.3 is 0 Å². The highest BCUT2D eigenvalue weighted by atomic mass is 16.3. The van der Waals surface area contributed by atoms with Crippen LogP contribution >= 0.6 is 0 Å². The summed E-state index contributed by atoms with van der Waals surface area (Å²) in [5.74, 6) is 5.45. The Balaban J connectivity index is 1.30. The molecule has 0 aromatic carbocycles. The van der Waals surface area contributed by atoms with Gasteiger partial charge in [0.25, 0.3) is 0 Å². The van der Waals surface area contributed by atoms with Crippen molar-refractivity contribution in [3.63, 3.8) is 0 Å². The number of aromatic nitrogens is 3. The number of carbonyl (C=O) groups is 1. The van der Waals surface area contributed by atoms with Gasteiger partial charge < -0.3 is 5.11 Å². The largest absolute Gasteiger partial charge is 0.390 e. The van der Waals surface area contributed by atoms with Crippen LogP contribution in [0.3, 0.4) is 0 Å². The molecule has 5 heteroatoms. The average Bonchev–Trinajstić information content (AvgIpc) is 3.07. The Morgan fingerprint density at radius 3 is 2.48 bits per heavy atom. The van der Waals surface area contributed by atoms with Crippen LogP contribution in [0.1, 0.15) is 72.6 Å². The molecule has 5 aliphatic rings. The summed E-state index contributed by atoms with van der Waals surface area (Å²) in [7, 11) is 0. The van der Waals surface area contributed by atoms with E-state index in [-0.39, 0.29) is 11.3 Å². The Bertz CT molecular complexity index is 881. The lowest BCUT2D eigenvalue weighted by molar-refractivity contribution is -0.140. The maximum Gasteiger partial charge on any atom is 0.160 e. The van der Waals surface area contributed by atoms with E-state index in [0.29, 0.717) is 41.4 Å². The maximum absolute atomic E-state index is 13.6. The second-order valence-corrected chi connectivity index (χ2v) is 12.8. The molecule has 5 aliphatic carbocycles. The van der Waals surface area contributed by atoms with Crippen LogP contribution in [0.15, 0.2) is 12.4 Å². The zero-order valence-corrected chi connectivity index (χ0v) is 19.6. The number of rotatable bonds is 3. The number of carbonyl (C=O) groups excluding carboxylic acids is 1. The average molecular weight is 426 g/mol. The predicted octanol–water partition coefficient (Wildman–Crippen LogP) is 4.36. The van der Waals surface area contributed by atoms with Gasteiger partial charge in [-0.1, -0.05) is 20.8 Å². The summed E-state index contributed by atoms with van der Waals surface area (Å²) in [5.41, 5.74) is -0.00203. The van der Waals surface area contributed by atoms with E-state index < -0.39 is 5.60 Å². The van der Waals surface area contributed by atoms with Gasteiger partial charge in [-0.05, 0) is 104 Å². The van der Waals surface area contributed by atoms with Crippen LogP contribution in [0.25, 0.3) is 0 Å². The molecule has 0 spiro atoms. The molecule has 0 amide bonds. The topological polar surface area (TPSA) is 68.0 Å². The third-order valence-electron chi connectivity index (χ3n) is 11.4. The van der Waals surface area contributed by atoms with Gasteiger partial charge in [-0.3, -0.25) is 4.79 Å². The van der Waals surface area contributed by atoms with E-state index >= 15 is 0 Å². The molecule has 5 nitrogen and oxygen atoms in total. The summed E-state index contributed by atoms with van der Waals surface area (Å²) in [4.78, 5) is 15.2. The highest BCUT2D eigenvalue weighted by molar-refractivity contribution is 5.83. The van der Waals surface area contributed by atoms with Crippen LogP contribution in [0.2, 0.25) is 0 Å². The number of aliphatic hydroxyl groups is 1. The molecule has 1 aromatic rings. The fourth-order valence-corrected chi connectivity index (χ4v) is 10.3. The van der Waals surface area contributed by atoms with E-state index in [1.165, 1.54) is 32.1 Å². The minimum Gasteiger partial charge on any atom is -0.390 e. The fraction of sp³-hybridized carbons (Fsp3) is 0.885. The molecule has 1 heterocycles. The molecule has 0 bridgehead atoms. The number of ketones is 1. The molecular weight excluding hydrogens is 386 g/mol. The molecule has 0 unspecified atom stereocenters. The minimum atomic E-state index is -0.454. The Morgan fingerprint density at radius 1 is 1.03 bits per heavy atom. The van der Waals surface area contributed by atoms with E-state index in [2.05, 4.69) is 31.0 Å². The summed E-state index contributed by atoms with van der Waals surface area (Å²) < 4.78 is 0. The Labute approximate surface area is 186 Å².